The van der Waals surface area contributed by atoms with E-state index in [1.807, 2.05) is 0 Å². The van der Waals surface area contributed by atoms with E-state index in [0.717, 1.165) is 37.8 Å². The van der Waals surface area contributed by atoms with Crippen LogP contribution in [0, 0.1) is 0 Å². The predicted molar refractivity (Wildman–Crippen MR) is 60.3 cm³/mol. The Kier molecular flexibility index (Phi) is 3.54. The second-order valence-electron chi connectivity index (χ2n) is 4.30. The highest BCUT2D eigenvalue weighted by Crippen LogP contribution is 2.30. The van der Waals surface area contributed by atoms with Gasteiger partial charge in [0.2, 0.25) is 0 Å². The van der Waals surface area contributed by atoms with Gasteiger partial charge in [0.25, 0.3) is 0 Å². The van der Waals surface area contributed by atoms with Crippen LogP contribution < -0.4 is 4.90 Å². The third-order valence-corrected chi connectivity index (χ3v) is 3.08. The maximum Gasteiger partial charge on any atom is 0.417 e. The number of piperidine rings is 1. The van der Waals surface area contributed by atoms with Crippen LogP contribution in [0.25, 0.3) is 0 Å². The molecule has 1 aliphatic rings. The topological polar surface area (TPSA) is 33.2 Å². The van der Waals surface area contributed by atoms with Crippen molar-refractivity contribution in [3.05, 3.63) is 23.9 Å². The number of hydrogen-bond donors (Lipinski definition) is 0. The predicted octanol–water partition coefficient (Wildman–Crippen LogP) is 2.66. The standard InChI is InChI=1S/C12H13F3N2O/c13-12(14,15)9-4-5-11(16-7-9)17-6-2-1-3-10(17)8-18/h4-5,7-8,10H,1-3,6H2. The number of aldehydes is 1. The first-order chi connectivity index (χ1) is 8.52. The summed E-state index contributed by atoms with van der Waals surface area (Å²) in [6.45, 7) is 0.655. The Bertz CT molecular complexity index is 416. The molecule has 6 heteroatoms. The van der Waals surface area contributed by atoms with E-state index in [-0.39, 0.29) is 6.04 Å². The Labute approximate surface area is 103 Å². The number of nitrogens with zero attached hydrogens (tertiary/aromatic N) is 2. The van der Waals surface area contributed by atoms with Crippen molar-refractivity contribution in [2.75, 3.05) is 11.4 Å². The van der Waals surface area contributed by atoms with Gasteiger partial charge in [-0.3, -0.25) is 0 Å². The summed E-state index contributed by atoms with van der Waals surface area (Å²) in [6.07, 6.45) is -0.123. The van der Waals surface area contributed by atoms with Gasteiger partial charge in [0.15, 0.2) is 0 Å². The van der Waals surface area contributed by atoms with Gasteiger partial charge in [-0.05, 0) is 31.4 Å². The minimum absolute atomic E-state index is 0.275. The van der Waals surface area contributed by atoms with E-state index in [1.165, 1.54) is 6.07 Å². The number of aromatic nitrogens is 1. The van der Waals surface area contributed by atoms with Crippen molar-refractivity contribution in [3.8, 4) is 0 Å². The van der Waals surface area contributed by atoms with Crippen molar-refractivity contribution < 1.29 is 18.0 Å². The van der Waals surface area contributed by atoms with E-state index < -0.39 is 11.7 Å². The average molecular weight is 258 g/mol. The van der Waals surface area contributed by atoms with Gasteiger partial charge in [0.1, 0.15) is 12.1 Å². The third-order valence-electron chi connectivity index (χ3n) is 3.08. The highest BCUT2D eigenvalue weighted by Gasteiger charge is 2.31. The molecular weight excluding hydrogens is 245 g/mol. The lowest BCUT2D eigenvalue weighted by Gasteiger charge is -2.33. The molecule has 1 saturated heterocycles. The number of carbonyl (C=O) groups is 1. The van der Waals surface area contributed by atoms with Crippen molar-refractivity contribution in [1.82, 2.24) is 4.98 Å². The second kappa shape index (κ2) is 4.96. The molecule has 1 atom stereocenters. The van der Waals surface area contributed by atoms with Crippen LogP contribution in [0.15, 0.2) is 18.3 Å². The van der Waals surface area contributed by atoms with Gasteiger partial charge in [-0.1, -0.05) is 0 Å². The second-order valence-corrected chi connectivity index (χ2v) is 4.30. The lowest BCUT2D eigenvalue weighted by Crippen LogP contribution is -2.41. The molecule has 0 saturated carbocycles. The van der Waals surface area contributed by atoms with Crippen molar-refractivity contribution in [2.45, 2.75) is 31.5 Å². The molecule has 1 aromatic heterocycles. The maximum atomic E-state index is 12.4. The van der Waals surface area contributed by atoms with Crippen molar-refractivity contribution in [1.29, 1.82) is 0 Å². The summed E-state index contributed by atoms with van der Waals surface area (Å²) in [6, 6.07) is 2.05. The van der Waals surface area contributed by atoms with Gasteiger partial charge in [-0.15, -0.1) is 0 Å². The van der Waals surface area contributed by atoms with Crippen LogP contribution in [-0.4, -0.2) is 23.9 Å². The molecule has 18 heavy (non-hydrogen) atoms. The fraction of sp³-hybridized carbons (Fsp3) is 0.500. The molecule has 0 bridgehead atoms. The number of hydrogen-bond acceptors (Lipinski definition) is 3. The SMILES string of the molecule is O=CC1CCCCN1c1ccc(C(F)(F)F)cn1. The van der Waals surface area contributed by atoms with Gasteiger partial charge >= 0.3 is 6.18 Å². The molecule has 0 amide bonds. The zero-order valence-electron chi connectivity index (χ0n) is 9.65. The molecule has 0 N–H and O–H groups in total. The number of rotatable bonds is 2. The molecule has 1 aliphatic heterocycles. The van der Waals surface area contributed by atoms with Gasteiger partial charge in [-0.2, -0.15) is 13.2 Å². The lowest BCUT2D eigenvalue weighted by atomic mass is 10.0. The molecule has 2 heterocycles. The molecule has 0 radical (unpaired) electrons. The van der Waals surface area contributed by atoms with E-state index in [4.69, 9.17) is 0 Å². The molecule has 1 aromatic rings. The molecule has 0 spiro atoms. The molecule has 1 unspecified atom stereocenters. The first-order valence-electron chi connectivity index (χ1n) is 5.77. The van der Waals surface area contributed by atoms with Crippen molar-refractivity contribution in [3.63, 3.8) is 0 Å². The van der Waals surface area contributed by atoms with Gasteiger partial charge in [0.05, 0.1) is 11.6 Å². The Morgan fingerprint density at radius 2 is 2.11 bits per heavy atom. The van der Waals surface area contributed by atoms with Crippen LogP contribution in [0.5, 0.6) is 0 Å². The van der Waals surface area contributed by atoms with E-state index in [0.29, 0.717) is 12.4 Å². The maximum absolute atomic E-state index is 12.4. The van der Waals surface area contributed by atoms with Gasteiger partial charge in [0, 0.05) is 12.7 Å². The Morgan fingerprint density at radius 1 is 1.33 bits per heavy atom. The molecule has 98 valence electrons. The zero-order valence-corrected chi connectivity index (χ0v) is 9.65. The summed E-state index contributed by atoms with van der Waals surface area (Å²) < 4.78 is 37.2. The fourth-order valence-corrected chi connectivity index (χ4v) is 2.11. The Morgan fingerprint density at radius 3 is 2.67 bits per heavy atom. The highest BCUT2D eigenvalue weighted by atomic mass is 19.4. The van der Waals surface area contributed by atoms with Crippen LogP contribution in [-0.2, 0) is 11.0 Å². The number of alkyl halides is 3. The minimum atomic E-state index is -4.38. The van der Waals surface area contributed by atoms with Gasteiger partial charge in [-0.25, -0.2) is 4.98 Å². The molecule has 0 aliphatic carbocycles. The van der Waals surface area contributed by atoms with E-state index in [9.17, 15) is 18.0 Å². The summed E-state index contributed by atoms with van der Waals surface area (Å²) in [5, 5.41) is 0. The lowest BCUT2D eigenvalue weighted by molar-refractivity contribution is -0.137. The molecule has 0 aromatic carbocycles. The van der Waals surface area contributed by atoms with Crippen LogP contribution in [0.1, 0.15) is 24.8 Å². The number of anilines is 1. The molecule has 2 rings (SSSR count). The summed E-state index contributed by atoms with van der Waals surface area (Å²) in [5.41, 5.74) is -0.772. The summed E-state index contributed by atoms with van der Waals surface area (Å²) in [7, 11) is 0. The number of pyridine rings is 1. The van der Waals surface area contributed by atoms with Crippen LogP contribution in [0.2, 0.25) is 0 Å². The summed E-state index contributed by atoms with van der Waals surface area (Å²) in [4.78, 5) is 16.5. The van der Waals surface area contributed by atoms with Crippen LogP contribution in [0.4, 0.5) is 19.0 Å². The van der Waals surface area contributed by atoms with Crippen LogP contribution in [0.3, 0.4) is 0 Å². The monoisotopic (exact) mass is 258 g/mol. The van der Waals surface area contributed by atoms with Crippen molar-refractivity contribution in [2.24, 2.45) is 0 Å². The van der Waals surface area contributed by atoms with E-state index >= 15 is 0 Å². The Hall–Kier alpha value is -1.59. The smallest absolute Gasteiger partial charge is 0.347 e. The first-order valence-corrected chi connectivity index (χ1v) is 5.77. The normalized spacial score (nSPS) is 20.8. The van der Waals surface area contributed by atoms with E-state index in [2.05, 4.69) is 4.98 Å². The van der Waals surface area contributed by atoms with Crippen LogP contribution >= 0.6 is 0 Å². The molecular formula is C12H13F3N2O. The van der Waals surface area contributed by atoms with E-state index in [1.54, 1.807) is 4.90 Å². The fourth-order valence-electron chi connectivity index (χ4n) is 2.11. The number of halogens is 3. The average Bonchev–Trinajstić information content (AvgIpc) is 2.38. The summed E-state index contributed by atoms with van der Waals surface area (Å²) in [5.74, 6) is 0.430. The zero-order chi connectivity index (χ0) is 13.2. The molecule has 3 nitrogen and oxygen atoms in total. The Balaban J connectivity index is 2.20. The highest BCUT2D eigenvalue weighted by molar-refractivity contribution is 5.65. The molecule has 1 fully saturated rings. The number of carbonyl (C=O) groups excluding carboxylic acids is 1. The quantitative estimate of drug-likeness (QED) is 0.765. The van der Waals surface area contributed by atoms with Gasteiger partial charge < -0.3 is 9.69 Å². The first kappa shape index (κ1) is 12.9. The summed E-state index contributed by atoms with van der Waals surface area (Å²) >= 11 is 0. The minimum Gasteiger partial charge on any atom is -0.347 e. The van der Waals surface area contributed by atoms with Crippen molar-refractivity contribution >= 4 is 12.1 Å². The third kappa shape index (κ3) is 2.63. The largest absolute Gasteiger partial charge is 0.417 e.